The van der Waals surface area contributed by atoms with E-state index in [9.17, 15) is 4.79 Å². The summed E-state index contributed by atoms with van der Waals surface area (Å²) in [7, 11) is 0. The predicted molar refractivity (Wildman–Crippen MR) is 144 cm³/mol. The van der Waals surface area contributed by atoms with Crippen LogP contribution in [0.1, 0.15) is 16.6 Å². The Balaban J connectivity index is 1.29. The number of Topliss-reactive ketones (excluding diaryl/α,β-unsaturated/α-hetero) is 1. The Bertz CT molecular complexity index is 1810. The Kier molecular flexibility index (Phi) is 4.88. The average molecular weight is 508 g/mol. The highest BCUT2D eigenvalue weighted by Crippen LogP contribution is 2.36. The molecule has 1 aliphatic rings. The second kappa shape index (κ2) is 8.29. The molecule has 182 valence electrons. The number of nitrogens with two attached hydrogens (primary N) is 1. The number of carbonyl (C=O) groups excluding carboxylic acids is 1. The van der Waals surface area contributed by atoms with Gasteiger partial charge in [-0.15, -0.1) is 11.3 Å². The molecule has 0 radical (unpaired) electrons. The highest BCUT2D eigenvalue weighted by Gasteiger charge is 2.25. The summed E-state index contributed by atoms with van der Waals surface area (Å²) in [5, 5.41) is 8.59. The smallest absolute Gasteiger partial charge is 0.169 e. The number of anilines is 1. The van der Waals surface area contributed by atoms with E-state index >= 15 is 0 Å². The van der Waals surface area contributed by atoms with E-state index in [1.54, 1.807) is 25.5 Å². The van der Waals surface area contributed by atoms with Gasteiger partial charge in [-0.2, -0.15) is 5.10 Å². The third kappa shape index (κ3) is 3.67. The van der Waals surface area contributed by atoms with Gasteiger partial charge in [-0.3, -0.25) is 14.9 Å². The van der Waals surface area contributed by atoms with Gasteiger partial charge in [-0.1, -0.05) is 0 Å². The number of hydrogen-bond acceptors (Lipinski definition) is 9. The van der Waals surface area contributed by atoms with Crippen molar-refractivity contribution in [2.75, 3.05) is 18.0 Å². The first-order chi connectivity index (χ1) is 18.0. The molecule has 0 unspecified atom stereocenters. The van der Waals surface area contributed by atoms with Crippen LogP contribution in [0.15, 0.2) is 55.0 Å². The van der Waals surface area contributed by atoms with Crippen molar-refractivity contribution in [3.8, 4) is 33.2 Å². The van der Waals surface area contributed by atoms with E-state index in [-0.39, 0.29) is 11.8 Å². The fourth-order valence-corrected chi connectivity index (χ4v) is 5.54. The zero-order valence-corrected chi connectivity index (χ0v) is 20.6. The van der Waals surface area contributed by atoms with Gasteiger partial charge in [0.25, 0.3) is 0 Å². The molecule has 1 saturated heterocycles. The first kappa shape index (κ1) is 21.8. The van der Waals surface area contributed by atoms with Crippen LogP contribution in [0.5, 0.6) is 0 Å². The number of carbonyl (C=O) groups is 1. The molecule has 0 saturated carbocycles. The molecule has 0 spiro atoms. The van der Waals surface area contributed by atoms with Crippen LogP contribution in [0.3, 0.4) is 0 Å². The van der Waals surface area contributed by atoms with Crippen molar-refractivity contribution in [3.05, 3.63) is 59.9 Å². The highest BCUT2D eigenvalue weighted by molar-refractivity contribution is 7.17. The number of aromatic amines is 2. The van der Waals surface area contributed by atoms with Gasteiger partial charge in [0.15, 0.2) is 5.78 Å². The summed E-state index contributed by atoms with van der Waals surface area (Å²) in [6.45, 7) is 3.13. The number of nitrogens with one attached hydrogen (secondary N) is 2. The van der Waals surface area contributed by atoms with Crippen molar-refractivity contribution in [1.82, 2.24) is 35.1 Å². The van der Waals surface area contributed by atoms with Crippen molar-refractivity contribution in [2.24, 2.45) is 5.73 Å². The molecule has 10 nitrogen and oxygen atoms in total. The van der Waals surface area contributed by atoms with Crippen LogP contribution >= 0.6 is 11.3 Å². The number of ketones is 1. The van der Waals surface area contributed by atoms with Crippen molar-refractivity contribution in [3.63, 3.8) is 0 Å². The molecule has 0 atom stereocenters. The Hall–Kier alpha value is -4.48. The van der Waals surface area contributed by atoms with Gasteiger partial charge in [0.1, 0.15) is 28.4 Å². The number of aromatic nitrogens is 7. The van der Waals surface area contributed by atoms with Crippen molar-refractivity contribution in [1.29, 1.82) is 0 Å². The summed E-state index contributed by atoms with van der Waals surface area (Å²) in [4.78, 5) is 37.6. The lowest BCUT2D eigenvalue weighted by molar-refractivity contribution is 0.102. The summed E-state index contributed by atoms with van der Waals surface area (Å²) in [6, 6.07) is 11.9. The second-order valence-electron chi connectivity index (χ2n) is 9.12. The first-order valence-electron chi connectivity index (χ1n) is 11.8. The van der Waals surface area contributed by atoms with E-state index in [1.807, 2.05) is 36.4 Å². The zero-order chi connectivity index (χ0) is 25.1. The van der Waals surface area contributed by atoms with Crippen LogP contribution in [0.4, 0.5) is 5.82 Å². The number of hydrogen-bond donors (Lipinski definition) is 3. The molecule has 1 fully saturated rings. The third-order valence-corrected chi connectivity index (χ3v) is 7.75. The molecular weight excluding hydrogens is 486 g/mol. The Morgan fingerprint density at radius 3 is 2.81 bits per heavy atom. The Morgan fingerprint density at radius 2 is 2.00 bits per heavy atom. The molecule has 11 heteroatoms. The number of nitrogens with zero attached hydrogens (tertiary/aromatic N) is 6. The van der Waals surface area contributed by atoms with Crippen LogP contribution in [0.2, 0.25) is 0 Å². The maximum absolute atomic E-state index is 11.8. The zero-order valence-electron chi connectivity index (χ0n) is 19.8. The number of H-pyrrole nitrogens is 2. The fourth-order valence-electron chi connectivity index (χ4n) is 4.60. The average Bonchev–Trinajstić information content (AvgIpc) is 3.64. The third-order valence-electron chi connectivity index (χ3n) is 6.53. The summed E-state index contributed by atoms with van der Waals surface area (Å²) in [6.07, 6.45) is 5.23. The molecule has 6 aromatic rings. The van der Waals surface area contributed by atoms with Gasteiger partial charge in [0.2, 0.25) is 0 Å². The molecule has 37 heavy (non-hydrogen) atoms. The molecule has 0 amide bonds. The molecule has 7 heterocycles. The van der Waals surface area contributed by atoms with Gasteiger partial charge < -0.3 is 15.6 Å². The van der Waals surface area contributed by atoms with Crippen LogP contribution in [-0.2, 0) is 0 Å². The number of thiophene rings is 1. The summed E-state index contributed by atoms with van der Waals surface area (Å²) >= 11 is 1.48. The van der Waals surface area contributed by atoms with Crippen LogP contribution < -0.4 is 10.6 Å². The van der Waals surface area contributed by atoms with Crippen LogP contribution in [0.25, 0.3) is 55.3 Å². The van der Waals surface area contributed by atoms with E-state index < -0.39 is 0 Å². The lowest BCUT2D eigenvalue weighted by atomic mass is 10.1. The van der Waals surface area contributed by atoms with Crippen molar-refractivity contribution >= 4 is 45.0 Å². The van der Waals surface area contributed by atoms with E-state index in [2.05, 4.69) is 30.0 Å². The minimum Gasteiger partial charge on any atom is -0.352 e. The lowest BCUT2D eigenvalue weighted by Crippen LogP contribution is -2.56. The van der Waals surface area contributed by atoms with Crippen molar-refractivity contribution in [2.45, 2.75) is 13.0 Å². The van der Waals surface area contributed by atoms with Crippen molar-refractivity contribution < 1.29 is 4.79 Å². The fraction of sp³-hybridized carbons (Fsp3) is 0.154. The number of pyridine rings is 2. The van der Waals surface area contributed by atoms with Gasteiger partial charge in [0.05, 0.1) is 34.2 Å². The molecule has 4 N–H and O–H groups in total. The minimum absolute atomic E-state index is 0.0601. The number of fused-ring (bicyclic) bond motifs is 2. The molecular formula is C26H21N9OS. The lowest BCUT2D eigenvalue weighted by Gasteiger charge is -2.37. The van der Waals surface area contributed by atoms with Gasteiger partial charge >= 0.3 is 0 Å². The molecule has 0 aromatic carbocycles. The van der Waals surface area contributed by atoms with Crippen LogP contribution in [0, 0.1) is 0 Å². The topological polar surface area (TPSA) is 142 Å². The predicted octanol–water partition coefficient (Wildman–Crippen LogP) is 4.04. The number of rotatable bonds is 5. The van der Waals surface area contributed by atoms with E-state index in [1.165, 1.54) is 11.3 Å². The minimum atomic E-state index is 0.0601. The van der Waals surface area contributed by atoms with Crippen LogP contribution in [-0.4, -0.2) is 60.0 Å². The normalized spacial score (nSPS) is 13.9. The Labute approximate surface area is 214 Å². The molecule has 1 aliphatic heterocycles. The monoisotopic (exact) mass is 507 g/mol. The summed E-state index contributed by atoms with van der Waals surface area (Å²) in [5.74, 6) is 0.856. The quantitative estimate of drug-likeness (QED) is 0.297. The largest absolute Gasteiger partial charge is 0.352 e. The molecule has 0 bridgehead atoms. The SMILES string of the molecule is CC(=O)c1ccc(-c2ccnc3[nH]c(-c4n[nH]c5ccc(-c6cncc(N7CC(N)C7)n6)nc45)cc23)s1. The maximum Gasteiger partial charge on any atom is 0.169 e. The summed E-state index contributed by atoms with van der Waals surface area (Å²) < 4.78 is 0. The molecule has 7 rings (SSSR count). The van der Waals surface area contributed by atoms with E-state index in [4.69, 9.17) is 15.7 Å². The molecule has 6 aromatic heterocycles. The molecule has 0 aliphatic carbocycles. The standard InChI is InChI=1S/C26H21N9OS/c1-13(36)21-4-5-22(37-21)15-6-7-29-26-16(15)8-19(32-26)25-24-18(33-34-25)3-2-17(31-24)20-9-28-10-23(30-20)35-11-14(27)12-35/h2-10,14H,11-12,27H2,1H3,(H,29,32)(H,33,34). The Morgan fingerprint density at radius 1 is 1.11 bits per heavy atom. The first-order valence-corrected chi connectivity index (χ1v) is 12.6. The van der Waals surface area contributed by atoms with Gasteiger partial charge in [0, 0.05) is 41.2 Å². The van der Waals surface area contributed by atoms with Gasteiger partial charge in [-0.25, -0.2) is 15.0 Å². The van der Waals surface area contributed by atoms with E-state index in [0.29, 0.717) is 17.1 Å². The maximum atomic E-state index is 11.8. The highest BCUT2D eigenvalue weighted by atomic mass is 32.1. The second-order valence-corrected chi connectivity index (χ2v) is 10.2. The van der Waals surface area contributed by atoms with Gasteiger partial charge in [-0.05, 0) is 43.3 Å². The summed E-state index contributed by atoms with van der Waals surface area (Å²) in [5.41, 5.74) is 12.1. The van der Waals surface area contributed by atoms with E-state index in [0.717, 1.165) is 62.0 Å².